The highest BCUT2D eigenvalue weighted by atomic mass is 16.5. The summed E-state index contributed by atoms with van der Waals surface area (Å²) in [6, 6.07) is 1.36. The molecule has 1 saturated carbocycles. The molecule has 4 heteroatoms. The number of likely N-dealkylation sites (N-methyl/N-ethyl adjacent to an activating group) is 1. The van der Waals surface area contributed by atoms with E-state index < -0.39 is 0 Å². The zero-order valence-electron chi connectivity index (χ0n) is 8.87. The molecule has 0 aromatic rings. The minimum atomic E-state index is 0.311. The van der Waals surface area contributed by atoms with Gasteiger partial charge in [-0.25, -0.2) is 4.99 Å². The van der Waals surface area contributed by atoms with Gasteiger partial charge in [0.25, 0.3) is 6.02 Å². The first kappa shape index (κ1) is 8.91. The summed E-state index contributed by atoms with van der Waals surface area (Å²) >= 11 is 0. The molecule has 3 unspecified atom stereocenters. The molecule has 0 aromatic carbocycles. The van der Waals surface area contributed by atoms with Gasteiger partial charge in [0, 0.05) is 14.1 Å². The fourth-order valence-corrected chi connectivity index (χ4v) is 2.52. The molecular weight excluding hydrogens is 163 g/mol. The smallest absolute Gasteiger partial charge is 0.287 e. The molecule has 13 heavy (non-hydrogen) atoms. The summed E-state index contributed by atoms with van der Waals surface area (Å²) in [5.74, 6) is 0. The van der Waals surface area contributed by atoms with Gasteiger partial charge in [-0.3, -0.25) is 0 Å². The molecule has 2 fully saturated rings. The van der Waals surface area contributed by atoms with E-state index >= 15 is 0 Å². The van der Waals surface area contributed by atoms with Crippen LogP contribution in [0.3, 0.4) is 0 Å². The third-order valence-corrected chi connectivity index (χ3v) is 3.43. The Labute approximate surface area is 80.6 Å². The van der Waals surface area contributed by atoms with Crippen LogP contribution in [-0.4, -0.2) is 45.0 Å². The van der Waals surface area contributed by atoms with Gasteiger partial charge in [-0.15, -0.1) is 0 Å². The van der Waals surface area contributed by atoms with Gasteiger partial charge in [-0.05, 0) is 18.2 Å². The summed E-state index contributed by atoms with van der Waals surface area (Å²) in [6.07, 6.45) is 2.83. The highest BCUT2D eigenvalue weighted by Crippen LogP contribution is 2.48. The van der Waals surface area contributed by atoms with Crippen molar-refractivity contribution < 1.29 is 4.74 Å². The molecule has 1 saturated heterocycles. The lowest BCUT2D eigenvalue weighted by molar-refractivity contribution is 0.179. The molecular formula is C9H17BN2O. The van der Waals surface area contributed by atoms with Gasteiger partial charge in [-0.1, -0.05) is 6.92 Å². The quantitative estimate of drug-likeness (QED) is 0.500. The number of ether oxygens (including phenoxy) is 1. The topological polar surface area (TPSA) is 24.8 Å². The van der Waals surface area contributed by atoms with Crippen LogP contribution in [-0.2, 0) is 4.74 Å². The summed E-state index contributed by atoms with van der Waals surface area (Å²) < 4.78 is 5.84. The SMILES string of the molecule is BC1(C)CCC2C1O/C(=N/C)N2C. The van der Waals surface area contributed by atoms with Crippen molar-refractivity contribution >= 4 is 13.9 Å². The van der Waals surface area contributed by atoms with Crippen LogP contribution in [0.25, 0.3) is 0 Å². The van der Waals surface area contributed by atoms with Crippen molar-refractivity contribution in [1.29, 1.82) is 0 Å². The lowest BCUT2D eigenvalue weighted by Gasteiger charge is -2.24. The van der Waals surface area contributed by atoms with E-state index in [0.29, 0.717) is 17.5 Å². The van der Waals surface area contributed by atoms with Gasteiger partial charge < -0.3 is 9.64 Å². The summed E-state index contributed by atoms with van der Waals surface area (Å²) in [5.41, 5.74) is 0. The molecule has 0 spiro atoms. The van der Waals surface area contributed by atoms with Crippen LogP contribution in [0.5, 0.6) is 0 Å². The lowest BCUT2D eigenvalue weighted by Crippen LogP contribution is -2.32. The van der Waals surface area contributed by atoms with Crippen LogP contribution in [0.1, 0.15) is 19.8 Å². The molecule has 0 aromatic heterocycles. The minimum Gasteiger partial charge on any atom is -0.460 e. The van der Waals surface area contributed by atoms with Crippen molar-refractivity contribution in [2.45, 2.75) is 37.2 Å². The fourth-order valence-electron chi connectivity index (χ4n) is 2.52. The Hall–Kier alpha value is -0.665. The molecule has 1 aliphatic carbocycles. The number of hydrogen-bond donors (Lipinski definition) is 0. The van der Waals surface area contributed by atoms with E-state index in [1.54, 1.807) is 7.05 Å². The van der Waals surface area contributed by atoms with Crippen molar-refractivity contribution in [3.05, 3.63) is 0 Å². The Morgan fingerprint density at radius 2 is 2.38 bits per heavy atom. The molecule has 2 aliphatic rings. The third kappa shape index (κ3) is 1.15. The van der Waals surface area contributed by atoms with Crippen LogP contribution >= 0.6 is 0 Å². The largest absolute Gasteiger partial charge is 0.460 e. The van der Waals surface area contributed by atoms with Gasteiger partial charge in [0.2, 0.25) is 0 Å². The second-order valence-electron chi connectivity index (χ2n) is 4.75. The van der Waals surface area contributed by atoms with Crippen molar-refractivity contribution in [3.8, 4) is 0 Å². The zero-order valence-corrected chi connectivity index (χ0v) is 8.87. The van der Waals surface area contributed by atoms with Crippen molar-refractivity contribution in [2.75, 3.05) is 14.1 Å². The average Bonchev–Trinajstić information content (AvgIpc) is 2.53. The zero-order chi connectivity index (χ0) is 9.64. The van der Waals surface area contributed by atoms with Crippen LogP contribution < -0.4 is 0 Å². The van der Waals surface area contributed by atoms with E-state index in [0.717, 1.165) is 6.02 Å². The number of hydrogen-bond acceptors (Lipinski definition) is 2. The maximum Gasteiger partial charge on any atom is 0.287 e. The van der Waals surface area contributed by atoms with Gasteiger partial charge in [0.1, 0.15) is 14.0 Å². The van der Waals surface area contributed by atoms with E-state index in [2.05, 4.69) is 31.7 Å². The number of fused-ring (bicyclic) bond motifs is 1. The molecule has 0 bridgehead atoms. The standard InChI is InChI=1S/C9H17BN2O/c1-9(10)5-4-6-7(9)13-8(11-2)12(6)3/h6-7H,4-5,10H2,1-3H3/b11-8+. The summed E-state index contributed by atoms with van der Waals surface area (Å²) in [6.45, 7) is 2.28. The van der Waals surface area contributed by atoms with Gasteiger partial charge in [0.05, 0.1) is 6.04 Å². The molecule has 72 valence electrons. The highest BCUT2D eigenvalue weighted by molar-refractivity contribution is 6.16. The maximum atomic E-state index is 5.84. The van der Waals surface area contributed by atoms with Crippen LogP contribution in [0.15, 0.2) is 4.99 Å². The van der Waals surface area contributed by atoms with Crippen molar-refractivity contribution in [3.63, 3.8) is 0 Å². The Morgan fingerprint density at radius 3 is 2.92 bits per heavy atom. The Bertz CT molecular complexity index is 252. The Balaban J connectivity index is 2.24. The maximum absolute atomic E-state index is 5.84. The van der Waals surface area contributed by atoms with Crippen molar-refractivity contribution in [2.24, 2.45) is 4.99 Å². The molecule has 1 heterocycles. The molecule has 3 nitrogen and oxygen atoms in total. The van der Waals surface area contributed by atoms with Gasteiger partial charge in [-0.2, -0.15) is 0 Å². The normalized spacial score (nSPS) is 46.7. The van der Waals surface area contributed by atoms with Gasteiger partial charge >= 0.3 is 0 Å². The molecule has 3 atom stereocenters. The van der Waals surface area contributed by atoms with E-state index in [9.17, 15) is 0 Å². The van der Waals surface area contributed by atoms with E-state index in [1.165, 1.54) is 12.8 Å². The predicted octanol–water partition coefficient (Wildman–Crippen LogP) is 0.277. The first-order valence-electron chi connectivity index (χ1n) is 4.92. The van der Waals surface area contributed by atoms with Crippen LogP contribution in [0, 0.1) is 0 Å². The third-order valence-electron chi connectivity index (χ3n) is 3.43. The van der Waals surface area contributed by atoms with E-state index in [4.69, 9.17) is 4.74 Å². The first-order valence-corrected chi connectivity index (χ1v) is 4.92. The number of nitrogens with zero attached hydrogens (tertiary/aromatic N) is 2. The molecule has 0 radical (unpaired) electrons. The van der Waals surface area contributed by atoms with Gasteiger partial charge in [0.15, 0.2) is 0 Å². The predicted molar refractivity (Wildman–Crippen MR) is 55.9 cm³/mol. The average molecular weight is 180 g/mol. The molecule has 2 rings (SSSR count). The van der Waals surface area contributed by atoms with Crippen molar-refractivity contribution in [1.82, 2.24) is 4.90 Å². The van der Waals surface area contributed by atoms with Crippen LogP contribution in [0.2, 0.25) is 5.31 Å². The summed E-state index contributed by atoms with van der Waals surface area (Å²) in [7, 11) is 6.15. The van der Waals surface area contributed by atoms with E-state index in [-0.39, 0.29) is 0 Å². The minimum absolute atomic E-state index is 0.311. The van der Waals surface area contributed by atoms with E-state index in [1.807, 2.05) is 0 Å². The second-order valence-corrected chi connectivity index (χ2v) is 4.75. The molecule has 0 amide bonds. The Morgan fingerprint density at radius 1 is 1.69 bits per heavy atom. The molecule has 0 N–H and O–H groups in total. The first-order chi connectivity index (χ1) is 6.06. The second kappa shape index (κ2) is 2.66. The monoisotopic (exact) mass is 180 g/mol. The van der Waals surface area contributed by atoms with Crippen LogP contribution in [0.4, 0.5) is 0 Å². The number of amidine groups is 1. The lowest BCUT2D eigenvalue weighted by atomic mass is 9.67. The number of aliphatic imine (C=N–C) groups is 1. The highest BCUT2D eigenvalue weighted by Gasteiger charge is 2.51. The summed E-state index contributed by atoms with van der Waals surface area (Å²) in [4.78, 5) is 6.32. The summed E-state index contributed by atoms with van der Waals surface area (Å²) in [5, 5.41) is 0.311. The Kier molecular flexibility index (Phi) is 1.82. The number of rotatable bonds is 0. The molecule has 1 aliphatic heterocycles. The fraction of sp³-hybridized carbons (Fsp3) is 0.889.